The van der Waals surface area contributed by atoms with Crippen molar-refractivity contribution in [3.63, 3.8) is 0 Å². The van der Waals surface area contributed by atoms with Crippen LogP contribution in [0.1, 0.15) is 20.3 Å². The van der Waals surface area contributed by atoms with Crippen molar-refractivity contribution in [2.75, 3.05) is 0 Å². The van der Waals surface area contributed by atoms with Crippen molar-refractivity contribution < 1.29 is 39.1 Å². The fourth-order valence-corrected chi connectivity index (χ4v) is 3.04. The Balaban J connectivity index is 0.000000398. The molecule has 1 radical (unpaired) electrons. The van der Waals surface area contributed by atoms with Crippen LogP contribution in [0.4, 0.5) is 8.78 Å². The first-order valence-electron chi connectivity index (χ1n) is 9.90. The molecule has 32 heavy (non-hydrogen) atoms. The Kier molecular flexibility index (Phi) is 9.54. The number of halogens is 2. The van der Waals surface area contributed by atoms with E-state index in [1.165, 1.54) is 24.3 Å². The Bertz CT molecular complexity index is 1040. The second-order valence-electron chi connectivity index (χ2n) is 7.27. The van der Waals surface area contributed by atoms with Crippen LogP contribution in [0.3, 0.4) is 0 Å². The van der Waals surface area contributed by atoms with E-state index in [4.69, 9.17) is 10.2 Å². The molecule has 0 aliphatic rings. The van der Waals surface area contributed by atoms with E-state index >= 15 is 0 Å². The van der Waals surface area contributed by atoms with Gasteiger partial charge in [0.25, 0.3) is 0 Å². The fourth-order valence-electron chi connectivity index (χ4n) is 3.04. The zero-order chi connectivity index (χ0) is 22.4. The Morgan fingerprint density at radius 3 is 1.78 bits per heavy atom. The third kappa shape index (κ3) is 6.97. The number of benzene rings is 3. The van der Waals surface area contributed by atoms with Crippen molar-refractivity contribution in [1.82, 2.24) is 9.97 Å². The topological polar surface area (TPSA) is 66.2 Å². The van der Waals surface area contributed by atoms with Gasteiger partial charge in [0.15, 0.2) is 0 Å². The second-order valence-corrected chi connectivity index (χ2v) is 7.27. The van der Waals surface area contributed by atoms with Crippen LogP contribution in [-0.2, 0) is 20.1 Å². The molecule has 0 bridgehead atoms. The van der Waals surface area contributed by atoms with Crippen molar-refractivity contribution in [2.24, 2.45) is 0 Å². The van der Waals surface area contributed by atoms with Gasteiger partial charge in [-0.2, -0.15) is 0 Å². The van der Waals surface area contributed by atoms with Crippen molar-refractivity contribution in [3.05, 3.63) is 84.4 Å². The van der Waals surface area contributed by atoms with Crippen LogP contribution in [-0.4, -0.2) is 32.4 Å². The number of hydrogen-bond donors (Lipinski definition) is 2. The molecule has 0 fully saturated rings. The first-order chi connectivity index (χ1) is 14.8. The molecule has 4 nitrogen and oxygen atoms in total. The molecule has 4 aromatic rings. The van der Waals surface area contributed by atoms with Crippen LogP contribution >= 0.6 is 0 Å². The smallest absolute Gasteiger partial charge is 0.123 e. The zero-order valence-electron chi connectivity index (χ0n) is 17.6. The largest absolute Gasteiger partial charge is 0.393 e. The summed E-state index contributed by atoms with van der Waals surface area (Å²) in [5, 5.41) is 17.1. The molecule has 0 saturated heterocycles. The summed E-state index contributed by atoms with van der Waals surface area (Å²) in [6.07, 6.45) is -0.278. The van der Waals surface area contributed by atoms with Gasteiger partial charge in [0.05, 0.1) is 28.9 Å². The van der Waals surface area contributed by atoms with Crippen molar-refractivity contribution in [2.45, 2.75) is 32.5 Å². The summed E-state index contributed by atoms with van der Waals surface area (Å²) in [5.41, 5.74) is 4.03. The Labute approximate surface area is 199 Å². The van der Waals surface area contributed by atoms with E-state index in [9.17, 15) is 8.78 Å². The number of fused-ring (bicyclic) bond motifs is 1. The molecule has 3 aromatic carbocycles. The minimum Gasteiger partial charge on any atom is -0.393 e. The second kappa shape index (κ2) is 11.9. The van der Waals surface area contributed by atoms with Gasteiger partial charge in [-0.1, -0.05) is 24.3 Å². The number of hydrogen-bond acceptors (Lipinski definition) is 4. The summed E-state index contributed by atoms with van der Waals surface area (Å²) >= 11 is 0. The molecule has 7 heteroatoms. The molecule has 2 atom stereocenters. The van der Waals surface area contributed by atoms with E-state index < -0.39 is 0 Å². The molecule has 2 unspecified atom stereocenters. The van der Waals surface area contributed by atoms with Gasteiger partial charge in [-0.15, -0.1) is 29.8 Å². The zero-order valence-corrected chi connectivity index (χ0v) is 20.0. The quantitative estimate of drug-likeness (QED) is 0.312. The Morgan fingerprint density at radius 2 is 1.31 bits per heavy atom. The van der Waals surface area contributed by atoms with E-state index in [-0.39, 0.29) is 43.9 Å². The molecule has 1 heterocycles. The number of nitrogens with zero attached hydrogens (tertiary/aromatic N) is 2. The van der Waals surface area contributed by atoms with Crippen LogP contribution in [0.5, 0.6) is 0 Å². The Morgan fingerprint density at radius 1 is 0.781 bits per heavy atom. The molecule has 169 valence electrons. The number of para-hydroxylation sites is 2. The summed E-state index contributed by atoms with van der Waals surface area (Å²) in [7, 11) is 0. The maximum absolute atomic E-state index is 13.2. The van der Waals surface area contributed by atoms with Gasteiger partial charge in [0.2, 0.25) is 0 Å². The van der Waals surface area contributed by atoms with Crippen molar-refractivity contribution in [1.29, 1.82) is 0 Å². The van der Waals surface area contributed by atoms with Crippen LogP contribution in [0.2, 0.25) is 0 Å². The van der Waals surface area contributed by atoms with Crippen LogP contribution < -0.4 is 0 Å². The predicted octanol–water partition coefficient (Wildman–Crippen LogP) is 5.18. The predicted molar refractivity (Wildman–Crippen MR) is 117 cm³/mol. The van der Waals surface area contributed by atoms with Gasteiger partial charge in [-0.05, 0) is 50.1 Å². The molecule has 0 spiro atoms. The van der Waals surface area contributed by atoms with Crippen LogP contribution in [0.15, 0.2) is 66.7 Å². The van der Waals surface area contributed by atoms with Gasteiger partial charge in [0.1, 0.15) is 5.82 Å². The van der Waals surface area contributed by atoms with Gasteiger partial charge in [-0.25, -0.2) is 4.39 Å². The first kappa shape index (κ1) is 25.7. The number of aliphatic hydroxyl groups excluding tert-OH is 2. The van der Waals surface area contributed by atoms with Gasteiger partial charge >= 0.3 is 0 Å². The third-order valence-corrected chi connectivity index (χ3v) is 4.40. The molecule has 2 N–H and O–H groups in total. The minimum absolute atomic E-state index is 0. The standard InChI is InChI=1S/C20H11F2N2.C5H12O2.Ir/c21-15-9-5-13(6-10-15)19-20(14-7-11-16(22)12-8-14)24-18-4-2-1-3-17(18)23-19;1-4(6)3-5(2)7;/h1-7,9-12H;4-7H,3H2,1-2H3;/q-1;;. The summed E-state index contributed by atoms with van der Waals surface area (Å²) in [6.45, 7) is 3.32. The molecule has 1 aromatic heterocycles. The van der Waals surface area contributed by atoms with Crippen molar-refractivity contribution >= 4 is 11.0 Å². The third-order valence-electron chi connectivity index (χ3n) is 4.40. The first-order valence-corrected chi connectivity index (χ1v) is 9.90. The van der Waals surface area contributed by atoms with E-state index in [2.05, 4.69) is 16.0 Å². The van der Waals surface area contributed by atoms with Crippen LogP contribution in [0, 0.1) is 17.7 Å². The summed E-state index contributed by atoms with van der Waals surface area (Å²) in [4.78, 5) is 9.34. The Hall–Kier alpha value is -2.57. The molecule has 0 aliphatic carbocycles. The average molecular weight is 614 g/mol. The molecular weight excluding hydrogens is 591 g/mol. The number of aromatic nitrogens is 2. The minimum atomic E-state index is -0.375. The molecule has 4 rings (SSSR count). The molecular formula is C25H23F2IrN2O2-. The summed E-state index contributed by atoms with van der Waals surface area (Å²) in [5.74, 6) is -0.682. The van der Waals surface area contributed by atoms with E-state index in [0.29, 0.717) is 23.4 Å². The van der Waals surface area contributed by atoms with Gasteiger partial charge in [0, 0.05) is 31.6 Å². The number of rotatable bonds is 4. The van der Waals surface area contributed by atoms with E-state index in [0.717, 1.165) is 16.6 Å². The van der Waals surface area contributed by atoms with E-state index in [1.807, 2.05) is 24.3 Å². The number of aliphatic hydroxyl groups is 2. The van der Waals surface area contributed by atoms with Crippen LogP contribution in [0.25, 0.3) is 33.5 Å². The van der Waals surface area contributed by atoms with Gasteiger partial charge < -0.3 is 10.2 Å². The molecule has 0 aliphatic heterocycles. The maximum atomic E-state index is 13.2. The molecule has 0 amide bonds. The van der Waals surface area contributed by atoms with E-state index in [1.54, 1.807) is 32.0 Å². The van der Waals surface area contributed by atoms with Gasteiger partial charge in [-0.3, -0.25) is 14.4 Å². The SMILES string of the molecule is CC(O)CC(C)O.Fc1c[c-]c(-c2nc3ccccc3nc2-c2ccc(F)cc2)cc1.[Ir]. The maximum Gasteiger partial charge on any atom is 0.123 e. The average Bonchev–Trinajstić information content (AvgIpc) is 2.73. The fraction of sp³-hybridized carbons (Fsp3) is 0.200. The monoisotopic (exact) mass is 614 g/mol. The van der Waals surface area contributed by atoms with Crippen molar-refractivity contribution in [3.8, 4) is 22.5 Å². The summed E-state index contributed by atoms with van der Waals surface area (Å²) in [6, 6.07) is 20.7. The summed E-state index contributed by atoms with van der Waals surface area (Å²) < 4.78 is 26.5. The molecule has 0 saturated carbocycles. The normalized spacial score (nSPS) is 12.3.